The van der Waals surface area contributed by atoms with Gasteiger partial charge in [-0.1, -0.05) is 48.0 Å². The first kappa shape index (κ1) is 19.0. The van der Waals surface area contributed by atoms with Gasteiger partial charge in [0.1, 0.15) is 5.15 Å². The van der Waals surface area contributed by atoms with E-state index in [2.05, 4.69) is 10.1 Å². The SMILES string of the molecule is Cc1nn(-c2ccccc2)c(Cl)c1C=Nc1c(C)n(C)n(-c2ccccc2)c1=O. The Hall–Kier alpha value is -3.38. The monoisotopic (exact) mass is 405 g/mol. The molecule has 0 saturated heterocycles. The van der Waals surface area contributed by atoms with E-state index in [4.69, 9.17) is 11.6 Å². The van der Waals surface area contributed by atoms with E-state index in [0.717, 1.165) is 22.8 Å². The van der Waals surface area contributed by atoms with Crippen LogP contribution in [0.25, 0.3) is 11.4 Å². The first-order chi connectivity index (χ1) is 14.0. The van der Waals surface area contributed by atoms with Gasteiger partial charge in [-0.25, -0.2) is 14.4 Å². The molecule has 0 N–H and O–H groups in total. The van der Waals surface area contributed by atoms with E-state index in [1.807, 2.05) is 81.6 Å². The number of hydrogen-bond donors (Lipinski definition) is 0. The third-order valence-electron chi connectivity index (χ3n) is 4.90. The van der Waals surface area contributed by atoms with E-state index < -0.39 is 0 Å². The molecule has 4 rings (SSSR count). The highest BCUT2D eigenvalue weighted by Crippen LogP contribution is 2.23. The zero-order valence-electron chi connectivity index (χ0n) is 16.4. The van der Waals surface area contributed by atoms with E-state index in [1.165, 1.54) is 0 Å². The summed E-state index contributed by atoms with van der Waals surface area (Å²) < 4.78 is 5.06. The van der Waals surface area contributed by atoms with E-state index in [0.29, 0.717) is 16.4 Å². The molecule has 2 aromatic carbocycles. The van der Waals surface area contributed by atoms with Crippen molar-refractivity contribution in [2.45, 2.75) is 13.8 Å². The maximum absolute atomic E-state index is 13.0. The molecule has 0 saturated carbocycles. The molecule has 0 aliphatic rings. The fourth-order valence-electron chi connectivity index (χ4n) is 3.23. The summed E-state index contributed by atoms with van der Waals surface area (Å²) >= 11 is 6.56. The molecule has 0 spiro atoms. The maximum atomic E-state index is 13.0. The Morgan fingerprint density at radius 1 is 0.966 bits per heavy atom. The predicted octanol–water partition coefficient (Wildman–Crippen LogP) is 4.38. The third kappa shape index (κ3) is 3.32. The third-order valence-corrected chi connectivity index (χ3v) is 5.26. The summed E-state index contributed by atoms with van der Waals surface area (Å²) in [5, 5.41) is 4.97. The molecule has 2 heterocycles. The van der Waals surface area contributed by atoms with Crippen molar-refractivity contribution in [3.63, 3.8) is 0 Å². The molecule has 4 aromatic rings. The molecule has 0 aliphatic carbocycles. The summed E-state index contributed by atoms with van der Waals surface area (Å²) in [6, 6.07) is 19.1. The number of benzene rings is 2. The maximum Gasteiger partial charge on any atom is 0.297 e. The first-order valence-corrected chi connectivity index (χ1v) is 9.55. The second-order valence-corrected chi connectivity index (χ2v) is 7.06. The molecule has 0 aliphatic heterocycles. The molecule has 0 unspecified atom stereocenters. The second kappa shape index (κ2) is 7.56. The fraction of sp³-hybridized carbons (Fsp3) is 0.136. The molecule has 2 aromatic heterocycles. The van der Waals surface area contributed by atoms with Crippen LogP contribution >= 0.6 is 11.6 Å². The summed E-state index contributed by atoms with van der Waals surface area (Å²) in [5.41, 5.74) is 4.03. The molecule has 29 heavy (non-hydrogen) atoms. The van der Waals surface area contributed by atoms with Gasteiger partial charge in [-0.3, -0.25) is 9.48 Å². The lowest BCUT2D eigenvalue weighted by atomic mass is 10.3. The highest BCUT2D eigenvalue weighted by Gasteiger charge is 2.17. The van der Waals surface area contributed by atoms with Crippen molar-refractivity contribution in [3.8, 4) is 11.4 Å². The lowest BCUT2D eigenvalue weighted by Gasteiger charge is -2.07. The Labute approximate surface area is 173 Å². The predicted molar refractivity (Wildman–Crippen MR) is 116 cm³/mol. The average Bonchev–Trinajstić information content (AvgIpc) is 3.14. The first-order valence-electron chi connectivity index (χ1n) is 9.17. The van der Waals surface area contributed by atoms with Gasteiger partial charge in [-0.15, -0.1) is 0 Å². The fourth-order valence-corrected chi connectivity index (χ4v) is 3.55. The van der Waals surface area contributed by atoms with Crippen LogP contribution in [0.2, 0.25) is 5.15 Å². The van der Waals surface area contributed by atoms with Gasteiger partial charge >= 0.3 is 0 Å². The topological polar surface area (TPSA) is 57.1 Å². The molecule has 6 nitrogen and oxygen atoms in total. The number of hydrogen-bond acceptors (Lipinski definition) is 3. The van der Waals surface area contributed by atoms with Crippen molar-refractivity contribution < 1.29 is 0 Å². The number of rotatable bonds is 4. The minimum Gasteiger partial charge on any atom is -0.283 e. The molecule has 0 radical (unpaired) electrons. The van der Waals surface area contributed by atoms with Crippen LogP contribution in [0.3, 0.4) is 0 Å². The lowest BCUT2D eigenvalue weighted by molar-refractivity contribution is 0.630. The van der Waals surface area contributed by atoms with Crippen LogP contribution in [-0.4, -0.2) is 25.4 Å². The number of nitrogens with zero attached hydrogens (tertiary/aromatic N) is 5. The van der Waals surface area contributed by atoms with Crippen molar-refractivity contribution in [3.05, 3.63) is 93.1 Å². The summed E-state index contributed by atoms with van der Waals surface area (Å²) in [6.45, 7) is 3.74. The van der Waals surface area contributed by atoms with Gasteiger partial charge in [-0.05, 0) is 38.1 Å². The smallest absolute Gasteiger partial charge is 0.283 e. The van der Waals surface area contributed by atoms with Gasteiger partial charge in [-0.2, -0.15) is 5.10 Å². The largest absolute Gasteiger partial charge is 0.297 e. The van der Waals surface area contributed by atoms with Crippen molar-refractivity contribution in [2.75, 3.05) is 0 Å². The van der Waals surface area contributed by atoms with Gasteiger partial charge in [0, 0.05) is 13.3 Å². The van der Waals surface area contributed by atoms with Gasteiger partial charge in [0.15, 0.2) is 5.69 Å². The number of halogens is 1. The van der Waals surface area contributed by atoms with E-state index in [-0.39, 0.29) is 5.56 Å². The van der Waals surface area contributed by atoms with Crippen LogP contribution in [0.1, 0.15) is 17.0 Å². The molecule has 7 heteroatoms. The molecule has 0 amide bonds. The number of para-hydroxylation sites is 2. The summed E-state index contributed by atoms with van der Waals surface area (Å²) in [4.78, 5) is 17.5. The average molecular weight is 406 g/mol. The van der Waals surface area contributed by atoms with Crippen molar-refractivity contribution in [1.29, 1.82) is 0 Å². The highest BCUT2D eigenvalue weighted by molar-refractivity contribution is 6.32. The number of aryl methyl sites for hydroxylation is 1. The van der Waals surface area contributed by atoms with Crippen LogP contribution in [0.5, 0.6) is 0 Å². The Morgan fingerprint density at radius 2 is 1.55 bits per heavy atom. The number of aliphatic imine (C=N–C) groups is 1. The van der Waals surface area contributed by atoms with Crippen LogP contribution in [0.4, 0.5) is 5.69 Å². The van der Waals surface area contributed by atoms with Gasteiger partial charge in [0.05, 0.1) is 28.3 Å². The Balaban J connectivity index is 1.77. The van der Waals surface area contributed by atoms with Gasteiger partial charge < -0.3 is 0 Å². The van der Waals surface area contributed by atoms with Crippen LogP contribution in [0, 0.1) is 13.8 Å². The number of aromatic nitrogens is 4. The van der Waals surface area contributed by atoms with Crippen molar-refractivity contribution in [1.82, 2.24) is 19.1 Å². The molecule has 0 bridgehead atoms. The van der Waals surface area contributed by atoms with Gasteiger partial charge in [0.25, 0.3) is 5.56 Å². The highest BCUT2D eigenvalue weighted by atomic mass is 35.5. The van der Waals surface area contributed by atoms with Crippen LogP contribution in [-0.2, 0) is 7.05 Å². The quantitative estimate of drug-likeness (QED) is 0.473. The van der Waals surface area contributed by atoms with Crippen molar-refractivity contribution >= 4 is 23.5 Å². The molecular weight excluding hydrogens is 386 g/mol. The summed E-state index contributed by atoms with van der Waals surface area (Å²) in [5.74, 6) is 0. The van der Waals surface area contributed by atoms with Crippen molar-refractivity contribution in [2.24, 2.45) is 12.0 Å². The normalized spacial score (nSPS) is 11.4. The lowest BCUT2D eigenvalue weighted by Crippen LogP contribution is -2.19. The van der Waals surface area contributed by atoms with E-state index >= 15 is 0 Å². The molecule has 146 valence electrons. The van der Waals surface area contributed by atoms with E-state index in [1.54, 1.807) is 20.3 Å². The zero-order valence-corrected chi connectivity index (χ0v) is 17.1. The minimum atomic E-state index is -0.184. The molecule has 0 atom stereocenters. The van der Waals surface area contributed by atoms with Crippen LogP contribution in [0.15, 0.2) is 70.5 Å². The summed E-state index contributed by atoms with van der Waals surface area (Å²) in [6.07, 6.45) is 1.61. The van der Waals surface area contributed by atoms with E-state index in [9.17, 15) is 4.79 Å². The minimum absolute atomic E-state index is 0.184. The Bertz CT molecular complexity index is 1250. The van der Waals surface area contributed by atoms with Crippen LogP contribution < -0.4 is 5.56 Å². The Morgan fingerprint density at radius 3 is 2.17 bits per heavy atom. The zero-order chi connectivity index (χ0) is 20.5. The van der Waals surface area contributed by atoms with Gasteiger partial charge in [0.2, 0.25) is 0 Å². The molecule has 0 fully saturated rings. The molecular formula is C22H20ClN5O. The second-order valence-electron chi connectivity index (χ2n) is 6.71. The standard InChI is InChI=1S/C22H20ClN5O/c1-15-19(21(23)27(25-15)17-10-6-4-7-11-17)14-24-20-16(2)26(3)28(22(20)29)18-12-8-5-9-13-18/h4-14H,1-3H3. The Kier molecular flexibility index (Phi) is 4.94. The summed E-state index contributed by atoms with van der Waals surface area (Å²) in [7, 11) is 1.84.